The maximum atomic E-state index is 12.4. The highest BCUT2D eigenvalue weighted by Gasteiger charge is 2.43. The van der Waals surface area contributed by atoms with Gasteiger partial charge in [-0.2, -0.15) is 0 Å². The van der Waals surface area contributed by atoms with Crippen molar-refractivity contribution >= 4 is 11.8 Å². The average molecular weight is 258 g/mol. The second-order valence-electron chi connectivity index (χ2n) is 5.74. The molecule has 0 unspecified atom stereocenters. The number of ether oxygens (including phenoxy) is 1. The van der Waals surface area contributed by atoms with Gasteiger partial charge in [0, 0.05) is 11.8 Å². The third-order valence-corrected chi connectivity index (χ3v) is 4.66. The minimum Gasteiger partial charge on any atom is -0.465 e. The van der Waals surface area contributed by atoms with Crippen LogP contribution in [0.3, 0.4) is 0 Å². The molecule has 0 aliphatic heterocycles. The van der Waals surface area contributed by atoms with Crippen LogP contribution in [0.5, 0.6) is 0 Å². The molecule has 19 heavy (non-hydrogen) atoms. The zero-order chi connectivity index (χ0) is 13.5. The molecule has 0 heterocycles. The molecule has 0 N–H and O–H groups in total. The fraction of sp³-hybridized carbons (Fsp3) is 0.500. The summed E-state index contributed by atoms with van der Waals surface area (Å²) in [6, 6.07) is 5.62. The maximum absolute atomic E-state index is 12.4. The topological polar surface area (TPSA) is 43.4 Å². The monoisotopic (exact) mass is 258 g/mol. The molecule has 1 aromatic rings. The number of ketones is 1. The molecule has 0 saturated heterocycles. The van der Waals surface area contributed by atoms with Crippen molar-refractivity contribution in [1.29, 1.82) is 0 Å². The van der Waals surface area contributed by atoms with E-state index in [0.29, 0.717) is 17.8 Å². The molecule has 1 saturated carbocycles. The number of carbonyl (C=O) groups excluding carboxylic acids is 2. The fourth-order valence-corrected chi connectivity index (χ4v) is 3.54. The Hall–Kier alpha value is -1.64. The molecular weight excluding hydrogens is 240 g/mol. The van der Waals surface area contributed by atoms with E-state index in [0.717, 1.165) is 24.8 Å². The summed E-state index contributed by atoms with van der Waals surface area (Å²) in [7, 11) is 1.38. The first-order chi connectivity index (χ1) is 9.14. The quantitative estimate of drug-likeness (QED) is 0.727. The lowest BCUT2D eigenvalue weighted by molar-refractivity contribution is -0.128. The summed E-state index contributed by atoms with van der Waals surface area (Å²) in [5, 5.41) is 0. The van der Waals surface area contributed by atoms with Gasteiger partial charge >= 0.3 is 5.97 Å². The lowest BCUT2D eigenvalue weighted by Crippen LogP contribution is -2.36. The Bertz CT molecular complexity index is 539. The average Bonchev–Trinajstić information content (AvgIpc) is 2.88. The maximum Gasteiger partial charge on any atom is 0.337 e. The van der Waals surface area contributed by atoms with Crippen molar-refractivity contribution in [2.45, 2.75) is 38.5 Å². The summed E-state index contributed by atoms with van der Waals surface area (Å²) in [5.41, 5.74) is 2.68. The first-order valence-electron chi connectivity index (χ1n) is 6.88. The first-order valence-corrected chi connectivity index (χ1v) is 6.88. The van der Waals surface area contributed by atoms with Crippen molar-refractivity contribution in [2.24, 2.45) is 5.41 Å². The molecule has 1 fully saturated rings. The van der Waals surface area contributed by atoms with Gasteiger partial charge in [-0.25, -0.2) is 4.79 Å². The third-order valence-electron chi connectivity index (χ3n) is 4.66. The van der Waals surface area contributed by atoms with Gasteiger partial charge < -0.3 is 4.74 Å². The Morgan fingerprint density at radius 2 is 1.95 bits per heavy atom. The second-order valence-corrected chi connectivity index (χ2v) is 5.74. The van der Waals surface area contributed by atoms with E-state index in [4.69, 9.17) is 4.74 Å². The number of Topliss-reactive ketones (excluding diaryl/α,β-unsaturated/α-hetero) is 1. The van der Waals surface area contributed by atoms with Gasteiger partial charge in [-0.3, -0.25) is 4.79 Å². The minimum atomic E-state index is -0.337. The Kier molecular flexibility index (Phi) is 2.92. The molecule has 3 heteroatoms. The Labute approximate surface area is 113 Å². The highest BCUT2D eigenvalue weighted by molar-refractivity contribution is 5.92. The van der Waals surface area contributed by atoms with Crippen LogP contribution in [0.2, 0.25) is 0 Å². The summed E-state index contributed by atoms with van der Waals surface area (Å²) in [6.07, 6.45) is 5.72. The van der Waals surface area contributed by atoms with Gasteiger partial charge in [0.2, 0.25) is 0 Å². The number of benzene rings is 1. The molecule has 0 amide bonds. The van der Waals surface area contributed by atoms with Crippen molar-refractivity contribution in [2.75, 3.05) is 7.11 Å². The number of hydrogen-bond acceptors (Lipinski definition) is 3. The van der Waals surface area contributed by atoms with Crippen molar-refractivity contribution in [3.05, 3.63) is 34.9 Å². The highest BCUT2D eigenvalue weighted by atomic mass is 16.5. The van der Waals surface area contributed by atoms with E-state index in [-0.39, 0.29) is 11.4 Å². The molecule has 2 aliphatic rings. The fourth-order valence-electron chi connectivity index (χ4n) is 3.54. The lowest BCUT2D eigenvalue weighted by Gasteiger charge is -2.33. The lowest BCUT2D eigenvalue weighted by atomic mass is 9.69. The van der Waals surface area contributed by atoms with Gasteiger partial charge in [0.15, 0.2) is 0 Å². The van der Waals surface area contributed by atoms with Gasteiger partial charge in [0.05, 0.1) is 12.7 Å². The summed E-state index contributed by atoms with van der Waals surface area (Å²) < 4.78 is 4.72. The summed E-state index contributed by atoms with van der Waals surface area (Å²) in [4.78, 5) is 23.9. The van der Waals surface area contributed by atoms with Gasteiger partial charge in [-0.1, -0.05) is 18.9 Å². The second kappa shape index (κ2) is 4.48. The number of carbonyl (C=O) groups is 2. The molecule has 2 aliphatic carbocycles. The molecule has 0 radical (unpaired) electrons. The van der Waals surface area contributed by atoms with Crippen LogP contribution < -0.4 is 0 Å². The number of esters is 1. The van der Waals surface area contributed by atoms with Crippen LogP contribution in [-0.2, 0) is 22.4 Å². The zero-order valence-corrected chi connectivity index (χ0v) is 11.2. The Morgan fingerprint density at radius 1 is 1.21 bits per heavy atom. The van der Waals surface area contributed by atoms with Crippen LogP contribution in [0.4, 0.5) is 0 Å². The summed E-state index contributed by atoms with van der Waals surface area (Å²) >= 11 is 0. The van der Waals surface area contributed by atoms with Crippen LogP contribution >= 0.6 is 0 Å². The Morgan fingerprint density at radius 3 is 2.63 bits per heavy atom. The van der Waals surface area contributed by atoms with Crippen LogP contribution in [-0.4, -0.2) is 18.9 Å². The number of fused-ring (bicyclic) bond motifs is 1. The van der Waals surface area contributed by atoms with E-state index in [2.05, 4.69) is 0 Å². The molecule has 1 spiro atoms. The van der Waals surface area contributed by atoms with Crippen LogP contribution in [0.25, 0.3) is 0 Å². The van der Waals surface area contributed by atoms with Crippen molar-refractivity contribution in [3.63, 3.8) is 0 Å². The molecule has 1 aromatic carbocycles. The van der Waals surface area contributed by atoms with E-state index in [1.807, 2.05) is 18.2 Å². The normalized spacial score (nSPS) is 20.4. The van der Waals surface area contributed by atoms with E-state index in [9.17, 15) is 9.59 Å². The van der Waals surface area contributed by atoms with E-state index in [1.165, 1.54) is 25.5 Å². The summed E-state index contributed by atoms with van der Waals surface area (Å²) in [5.74, 6) is 0.0240. The number of rotatable bonds is 1. The van der Waals surface area contributed by atoms with Crippen LogP contribution in [0.1, 0.15) is 47.2 Å². The molecule has 3 rings (SSSR count). The molecular formula is C16H18O3. The van der Waals surface area contributed by atoms with Crippen molar-refractivity contribution in [1.82, 2.24) is 0 Å². The van der Waals surface area contributed by atoms with Gasteiger partial charge in [-0.15, -0.1) is 0 Å². The molecule has 0 atom stereocenters. The van der Waals surface area contributed by atoms with Crippen LogP contribution in [0.15, 0.2) is 18.2 Å². The van der Waals surface area contributed by atoms with Gasteiger partial charge in [0.25, 0.3) is 0 Å². The minimum absolute atomic E-state index is 0.0974. The van der Waals surface area contributed by atoms with E-state index < -0.39 is 0 Å². The summed E-state index contributed by atoms with van der Waals surface area (Å²) in [6.45, 7) is 0. The molecule has 100 valence electrons. The predicted molar refractivity (Wildman–Crippen MR) is 71.1 cm³/mol. The van der Waals surface area contributed by atoms with Gasteiger partial charge in [-0.05, 0) is 42.5 Å². The molecule has 3 nitrogen and oxygen atoms in total. The Balaban J connectivity index is 1.95. The van der Waals surface area contributed by atoms with E-state index >= 15 is 0 Å². The third kappa shape index (κ3) is 1.97. The predicted octanol–water partition coefficient (Wildman–Crippen LogP) is 2.70. The first kappa shape index (κ1) is 12.4. The molecule has 0 bridgehead atoms. The highest BCUT2D eigenvalue weighted by Crippen LogP contribution is 2.45. The SMILES string of the molecule is COC(=O)c1ccc2c(c1)CC(=O)C1(CCCC1)C2. The zero-order valence-electron chi connectivity index (χ0n) is 11.2. The smallest absolute Gasteiger partial charge is 0.337 e. The number of hydrogen-bond donors (Lipinski definition) is 0. The molecule has 0 aromatic heterocycles. The number of methoxy groups -OCH3 is 1. The van der Waals surface area contributed by atoms with Crippen molar-refractivity contribution in [3.8, 4) is 0 Å². The van der Waals surface area contributed by atoms with Gasteiger partial charge in [0.1, 0.15) is 5.78 Å². The van der Waals surface area contributed by atoms with Crippen LogP contribution in [0, 0.1) is 5.41 Å². The standard InChI is InChI=1S/C16H18O3/c1-19-15(18)11-4-5-12-10-16(6-2-3-7-16)14(17)9-13(12)8-11/h4-5,8H,2-3,6-7,9-10H2,1H3. The largest absolute Gasteiger partial charge is 0.465 e. The van der Waals surface area contributed by atoms with E-state index in [1.54, 1.807) is 0 Å². The van der Waals surface area contributed by atoms with Crippen molar-refractivity contribution < 1.29 is 14.3 Å².